The second kappa shape index (κ2) is 4.29. The van der Waals surface area contributed by atoms with Crippen LogP contribution in [0.5, 0.6) is 0 Å². The molecule has 0 aromatic heterocycles. The van der Waals surface area contributed by atoms with Crippen molar-refractivity contribution >= 4 is 5.97 Å². The maximum Gasteiger partial charge on any atom is 0.303 e. The third-order valence-corrected chi connectivity index (χ3v) is 1.03. The molecule has 0 radical (unpaired) electrons. The van der Waals surface area contributed by atoms with E-state index in [4.69, 9.17) is 16.6 Å². The average molecular weight is 132 g/mol. The van der Waals surface area contributed by atoms with Crippen molar-refractivity contribution in [3.05, 3.63) is 0 Å². The van der Waals surface area contributed by atoms with Crippen LogP contribution in [-0.2, 0) is 4.79 Å². The molecule has 5 N–H and O–H groups in total. The van der Waals surface area contributed by atoms with Crippen LogP contribution >= 0.6 is 0 Å². The first kappa shape index (κ1) is 8.39. The lowest BCUT2D eigenvalue weighted by Crippen LogP contribution is -2.30. The van der Waals surface area contributed by atoms with Crippen LogP contribution in [-0.4, -0.2) is 23.7 Å². The predicted octanol–water partition coefficient (Wildman–Crippen LogP) is -0.863. The van der Waals surface area contributed by atoms with Crippen molar-refractivity contribution in [2.24, 2.45) is 11.5 Å². The van der Waals surface area contributed by atoms with Crippen molar-refractivity contribution in [1.82, 2.24) is 0 Å². The van der Waals surface area contributed by atoms with Crippen LogP contribution in [0.25, 0.3) is 0 Å². The Balaban J connectivity index is 3.16. The summed E-state index contributed by atoms with van der Waals surface area (Å²) in [5, 5.41) is 8.16. The van der Waals surface area contributed by atoms with Gasteiger partial charge in [-0.3, -0.25) is 4.79 Å². The second-order valence-electron chi connectivity index (χ2n) is 1.93. The average Bonchev–Trinajstić information content (AvgIpc) is 1.83. The van der Waals surface area contributed by atoms with Gasteiger partial charge in [-0.15, -0.1) is 0 Å². The number of carbonyl (C=O) groups is 1. The van der Waals surface area contributed by atoms with Crippen LogP contribution in [0, 0.1) is 0 Å². The van der Waals surface area contributed by atoms with E-state index < -0.39 is 5.97 Å². The van der Waals surface area contributed by atoms with Gasteiger partial charge < -0.3 is 16.6 Å². The molecule has 0 spiro atoms. The zero-order valence-electron chi connectivity index (χ0n) is 5.21. The maximum absolute atomic E-state index is 9.92. The first-order valence-electron chi connectivity index (χ1n) is 2.84. The molecular weight excluding hydrogens is 120 g/mol. The van der Waals surface area contributed by atoms with Crippen molar-refractivity contribution in [2.45, 2.75) is 18.9 Å². The summed E-state index contributed by atoms with van der Waals surface area (Å²) in [6.45, 7) is 0.354. The number of hydrogen-bond donors (Lipinski definition) is 3. The molecule has 0 aliphatic rings. The lowest BCUT2D eigenvalue weighted by molar-refractivity contribution is -0.137. The highest BCUT2D eigenvalue weighted by atomic mass is 16.4. The Morgan fingerprint density at radius 1 is 1.67 bits per heavy atom. The van der Waals surface area contributed by atoms with Gasteiger partial charge >= 0.3 is 5.97 Å². The molecular formula is C5H12N2O2. The Hall–Kier alpha value is -0.610. The third-order valence-electron chi connectivity index (χ3n) is 1.03. The van der Waals surface area contributed by atoms with E-state index in [1.807, 2.05) is 0 Å². The molecule has 0 rings (SSSR count). The lowest BCUT2D eigenvalue weighted by atomic mass is 10.2. The summed E-state index contributed by atoms with van der Waals surface area (Å²) in [4.78, 5) is 9.92. The smallest absolute Gasteiger partial charge is 0.303 e. The highest BCUT2D eigenvalue weighted by Crippen LogP contribution is 1.91. The van der Waals surface area contributed by atoms with Crippen LogP contribution in [0.3, 0.4) is 0 Å². The van der Waals surface area contributed by atoms with Crippen molar-refractivity contribution in [1.29, 1.82) is 0 Å². The predicted molar refractivity (Wildman–Crippen MR) is 33.9 cm³/mol. The molecule has 0 unspecified atom stereocenters. The van der Waals surface area contributed by atoms with Gasteiger partial charge in [0.2, 0.25) is 0 Å². The molecule has 9 heavy (non-hydrogen) atoms. The van der Waals surface area contributed by atoms with Crippen LogP contribution in [0.15, 0.2) is 0 Å². The fourth-order valence-electron chi connectivity index (χ4n) is 0.427. The van der Waals surface area contributed by atoms with Gasteiger partial charge in [0.1, 0.15) is 0 Å². The van der Waals surface area contributed by atoms with Gasteiger partial charge in [-0.05, 0) is 6.42 Å². The number of carboxylic acid groups (broad SMARTS) is 1. The fraction of sp³-hybridized carbons (Fsp3) is 0.800. The van der Waals surface area contributed by atoms with Crippen LogP contribution < -0.4 is 11.5 Å². The van der Waals surface area contributed by atoms with E-state index in [-0.39, 0.29) is 12.5 Å². The fourth-order valence-corrected chi connectivity index (χ4v) is 0.427. The van der Waals surface area contributed by atoms with Gasteiger partial charge in [0.15, 0.2) is 0 Å². The minimum absolute atomic E-state index is 0.109. The summed E-state index contributed by atoms with van der Waals surface area (Å²) in [6, 6.07) is -0.166. The zero-order valence-corrected chi connectivity index (χ0v) is 5.21. The van der Waals surface area contributed by atoms with Crippen molar-refractivity contribution in [3.63, 3.8) is 0 Å². The lowest BCUT2D eigenvalue weighted by Gasteiger charge is -2.03. The molecule has 0 aliphatic carbocycles. The molecule has 0 amide bonds. The van der Waals surface area contributed by atoms with E-state index in [1.54, 1.807) is 0 Å². The summed E-state index contributed by atoms with van der Waals surface area (Å²) in [7, 11) is 0. The number of nitrogens with two attached hydrogens (primary N) is 2. The maximum atomic E-state index is 9.92. The standard InChI is InChI=1S/C5H12N2O2/c6-3-4(7)1-2-5(8)9/h4H,1-3,6-7H2,(H,8,9)/t4-/m0/s1. The molecule has 0 fully saturated rings. The van der Waals surface area contributed by atoms with E-state index in [0.29, 0.717) is 13.0 Å². The van der Waals surface area contributed by atoms with Crippen LogP contribution in [0.4, 0.5) is 0 Å². The molecule has 4 heteroatoms. The summed E-state index contributed by atoms with van der Waals surface area (Å²) in [5.41, 5.74) is 10.5. The number of hydrogen-bond acceptors (Lipinski definition) is 3. The van der Waals surface area contributed by atoms with Crippen molar-refractivity contribution in [2.75, 3.05) is 6.54 Å². The van der Waals surface area contributed by atoms with Gasteiger partial charge in [0.05, 0.1) is 0 Å². The van der Waals surface area contributed by atoms with Gasteiger partial charge in [-0.1, -0.05) is 0 Å². The third kappa shape index (κ3) is 5.26. The van der Waals surface area contributed by atoms with E-state index in [0.717, 1.165) is 0 Å². The topological polar surface area (TPSA) is 89.3 Å². The number of aliphatic carboxylic acids is 1. The van der Waals surface area contributed by atoms with E-state index in [9.17, 15) is 4.79 Å². The first-order chi connectivity index (χ1) is 4.16. The minimum atomic E-state index is -0.820. The second-order valence-corrected chi connectivity index (χ2v) is 1.93. The molecule has 54 valence electrons. The molecule has 0 heterocycles. The van der Waals surface area contributed by atoms with Crippen molar-refractivity contribution in [3.8, 4) is 0 Å². The monoisotopic (exact) mass is 132 g/mol. The highest BCUT2D eigenvalue weighted by molar-refractivity contribution is 5.66. The highest BCUT2D eigenvalue weighted by Gasteiger charge is 2.01. The molecule has 0 bridgehead atoms. The molecule has 0 saturated carbocycles. The Kier molecular flexibility index (Phi) is 4.00. The summed E-state index contributed by atoms with van der Waals surface area (Å²) >= 11 is 0. The van der Waals surface area contributed by atoms with E-state index in [1.165, 1.54) is 0 Å². The van der Waals surface area contributed by atoms with Gasteiger partial charge in [-0.25, -0.2) is 0 Å². The van der Waals surface area contributed by atoms with Gasteiger partial charge in [0, 0.05) is 19.0 Å². The van der Waals surface area contributed by atoms with E-state index >= 15 is 0 Å². The normalized spacial score (nSPS) is 13.1. The largest absolute Gasteiger partial charge is 0.481 e. The summed E-state index contributed by atoms with van der Waals surface area (Å²) < 4.78 is 0. The Morgan fingerprint density at radius 2 is 2.22 bits per heavy atom. The quantitative estimate of drug-likeness (QED) is 0.464. The van der Waals surface area contributed by atoms with Crippen LogP contribution in [0.2, 0.25) is 0 Å². The van der Waals surface area contributed by atoms with E-state index in [2.05, 4.69) is 0 Å². The number of rotatable bonds is 4. The molecule has 0 aromatic carbocycles. The first-order valence-corrected chi connectivity index (χ1v) is 2.84. The summed E-state index contributed by atoms with van der Waals surface area (Å²) in [6.07, 6.45) is 0.574. The summed E-state index contributed by atoms with van der Waals surface area (Å²) in [5.74, 6) is -0.820. The van der Waals surface area contributed by atoms with Gasteiger partial charge in [-0.2, -0.15) is 0 Å². The Bertz CT molecular complexity index is 95.0. The zero-order chi connectivity index (χ0) is 7.28. The van der Waals surface area contributed by atoms with Crippen molar-refractivity contribution < 1.29 is 9.90 Å². The molecule has 1 atom stereocenters. The molecule has 4 nitrogen and oxygen atoms in total. The molecule has 0 aliphatic heterocycles. The SMILES string of the molecule is NC[C@@H](N)CCC(=O)O. The molecule has 0 aromatic rings. The van der Waals surface area contributed by atoms with Gasteiger partial charge in [0.25, 0.3) is 0 Å². The molecule has 0 saturated heterocycles. The number of carboxylic acids is 1. The minimum Gasteiger partial charge on any atom is -0.481 e. The Labute approximate surface area is 53.8 Å². The van der Waals surface area contributed by atoms with Crippen LogP contribution in [0.1, 0.15) is 12.8 Å². The Morgan fingerprint density at radius 3 is 2.56 bits per heavy atom.